The summed E-state index contributed by atoms with van der Waals surface area (Å²) in [5, 5.41) is 12.0. The van der Waals surface area contributed by atoms with Gasteiger partial charge in [-0.05, 0) is 68.8 Å². The number of fused-ring (bicyclic) bond motifs is 1. The van der Waals surface area contributed by atoms with Crippen LogP contribution >= 0.6 is 0 Å². The van der Waals surface area contributed by atoms with E-state index in [0.717, 1.165) is 11.1 Å². The smallest absolute Gasteiger partial charge is 0.412 e. The van der Waals surface area contributed by atoms with Crippen LogP contribution < -0.4 is 20.7 Å². The number of pyridine rings is 1. The molecule has 0 aliphatic rings. The lowest BCUT2D eigenvalue weighted by atomic mass is 10.1. The van der Waals surface area contributed by atoms with Crippen LogP contribution in [0.15, 0.2) is 60.8 Å². The van der Waals surface area contributed by atoms with Crippen molar-refractivity contribution in [3.05, 3.63) is 66.4 Å². The van der Waals surface area contributed by atoms with Crippen LogP contribution in [0.4, 0.5) is 35.3 Å². The van der Waals surface area contributed by atoms with E-state index in [1.807, 2.05) is 23.5 Å². The number of amides is 2. The van der Waals surface area contributed by atoms with Crippen molar-refractivity contribution in [2.24, 2.45) is 0 Å². The minimum absolute atomic E-state index is 0.00608. The van der Waals surface area contributed by atoms with Gasteiger partial charge in [-0.2, -0.15) is 18.2 Å². The molecular formula is C27H27F3N6O4. The van der Waals surface area contributed by atoms with Gasteiger partial charge in [-0.15, -0.1) is 5.10 Å². The number of carbonyl (C=O) groups excluding carboxylic acids is 2. The average Bonchev–Trinajstić information content (AvgIpc) is 3.28. The van der Waals surface area contributed by atoms with Gasteiger partial charge in [0.1, 0.15) is 17.9 Å². The number of halogens is 3. The number of alkyl halides is 3. The molecule has 3 N–H and O–H groups in total. The first-order valence-corrected chi connectivity index (χ1v) is 12.1. The fourth-order valence-electron chi connectivity index (χ4n) is 3.61. The van der Waals surface area contributed by atoms with Crippen LogP contribution in [0.5, 0.6) is 5.75 Å². The van der Waals surface area contributed by atoms with E-state index in [2.05, 4.69) is 20.7 Å². The third-order valence-electron chi connectivity index (χ3n) is 5.35. The lowest BCUT2D eigenvalue weighted by Crippen LogP contribution is -2.33. The van der Waals surface area contributed by atoms with Crippen LogP contribution in [-0.2, 0) is 4.74 Å². The van der Waals surface area contributed by atoms with Crippen LogP contribution in [0, 0.1) is 0 Å². The van der Waals surface area contributed by atoms with Gasteiger partial charge in [-0.1, -0.05) is 12.1 Å². The van der Waals surface area contributed by atoms with E-state index in [1.54, 1.807) is 49.7 Å². The van der Waals surface area contributed by atoms with Crippen molar-refractivity contribution < 1.29 is 32.2 Å². The fraction of sp³-hybridized carbons (Fsp3) is 0.259. The van der Waals surface area contributed by atoms with Gasteiger partial charge >= 0.3 is 12.3 Å². The summed E-state index contributed by atoms with van der Waals surface area (Å²) in [6, 6.07) is 15.1. The maximum atomic E-state index is 12.4. The maximum Gasteiger partial charge on any atom is 0.412 e. The Morgan fingerprint density at radius 3 is 2.33 bits per heavy atom. The number of benzene rings is 2. The highest BCUT2D eigenvalue weighted by atomic mass is 19.4. The Hall–Kier alpha value is -4.81. The van der Waals surface area contributed by atoms with Crippen molar-refractivity contribution in [1.82, 2.24) is 19.9 Å². The van der Waals surface area contributed by atoms with E-state index < -0.39 is 30.3 Å². The molecule has 0 fully saturated rings. The lowest BCUT2D eigenvalue weighted by Gasteiger charge is -2.19. The Morgan fingerprint density at radius 1 is 0.975 bits per heavy atom. The average molecular weight is 557 g/mol. The fourth-order valence-corrected chi connectivity index (χ4v) is 3.61. The summed E-state index contributed by atoms with van der Waals surface area (Å²) < 4.78 is 49.4. The first-order valence-electron chi connectivity index (χ1n) is 12.1. The molecule has 2 heterocycles. The number of rotatable bonds is 7. The molecule has 0 spiro atoms. The number of aromatic nitrogens is 3. The highest BCUT2D eigenvalue weighted by Gasteiger charge is 2.28. The van der Waals surface area contributed by atoms with Gasteiger partial charge in [-0.3, -0.25) is 10.1 Å². The molecule has 40 heavy (non-hydrogen) atoms. The van der Waals surface area contributed by atoms with Gasteiger partial charge in [-0.25, -0.2) is 9.31 Å². The zero-order chi connectivity index (χ0) is 29.1. The monoisotopic (exact) mass is 556 g/mol. The molecule has 2 aromatic heterocycles. The second kappa shape index (κ2) is 11.1. The number of nitrogens with zero attached hydrogens (tertiary/aromatic N) is 3. The highest BCUT2D eigenvalue weighted by molar-refractivity contribution is 5.95. The number of anilines is 3. The van der Waals surface area contributed by atoms with Crippen molar-refractivity contribution in [3.63, 3.8) is 0 Å². The second-order valence-electron chi connectivity index (χ2n) is 9.70. The molecule has 0 aliphatic heterocycles. The molecule has 0 unspecified atom stereocenters. The van der Waals surface area contributed by atoms with Crippen LogP contribution in [-0.4, -0.2) is 52.0 Å². The van der Waals surface area contributed by atoms with Crippen molar-refractivity contribution in [2.75, 3.05) is 24.3 Å². The van der Waals surface area contributed by atoms with Gasteiger partial charge in [0.2, 0.25) is 5.95 Å². The Bertz CT molecular complexity index is 1530. The topological polar surface area (TPSA) is 119 Å². The Kier molecular flexibility index (Phi) is 7.84. The molecule has 0 saturated carbocycles. The molecule has 0 bridgehead atoms. The van der Waals surface area contributed by atoms with Gasteiger partial charge in [0.15, 0.2) is 5.65 Å². The Morgan fingerprint density at radius 2 is 1.68 bits per heavy atom. The van der Waals surface area contributed by atoms with E-state index in [1.165, 1.54) is 25.3 Å². The molecule has 0 aliphatic carbocycles. The number of hydrogen-bond acceptors (Lipinski definition) is 7. The van der Waals surface area contributed by atoms with Crippen molar-refractivity contribution >= 4 is 35.0 Å². The summed E-state index contributed by atoms with van der Waals surface area (Å²) in [5.74, 6) is -0.421. The van der Waals surface area contributed by atoms with Crippen molar-refractivity contribution in [2.45, 2.75) is 32.5 Å². The summed E-state index contributed by atoms with van der Waals surface area (Å²) in [6.07, 6.45) is -3.27. The highest BCUT2D eigenvalue weighted by Crippen LogP contribution is 2.29. The predicted molar refractivity (Wildman–Crippen MR) is 143 cm³/mol. The van der Waals surface area contributed by atoms with E-state index in [-0.39, 0.29) is 17.3 Å². The molecule has 4 aromatic rings. The molecule has 210 valence electrons. The summed E-state index contributed by atoms with van der Waals surface area (Å²) in [6.45, 7) is 3.93. The van der Waals surface area contributed by atoms with Crippen molar-refractivity contribution in [1.29, 1.82) is 0 Å². The summed E-state index contributed by atoms with van der Waals surface area (Å²) >= 11 is 0. The van der Waals surface area contributed by atoms with Gasteiger partial charge in [0.05, 0.1) is 12.8 Å². The summed E-state index contributed by atoms with van der Waals surface area (Å²) in [4.78, 5) is 28.5. The van der Waals surface area contributed by atoms with Crippen molar-refractivity contribution in [3.8, 4) is 16.9 Å². The number of ether oxygens (including phenoxy) is 2. The van der Waals surface area contributed by atoms with Crippen LogP contribution in [0.3, 0.4) is 0 Å². The summed E-state index contributed by atoms with van der Waals surface area (Å²) in [7, 11) is 1.37. The molecule has 4 rings (SSSR count). The molecule has 0 saturated heterocycles. The third-order valence-corrected chi connectivity index (χ3v) is 5.35. The number of hydrogen-bond donors (Lipinski definition) is 3. The van der Waals surface area contributed by atoms with E-state index in [0.29, 0.717) is 17.0 Å². The first-order chi connectivity index (χ1) is 18.8. The number of methoxy groups -OCH3 is 1. The Balaban J connectivity index is 1.47. The quantitative estimate of drug-likeness (QED) is 0.264. The minimum atomic E-state index is -4.52. The minimum Gasteiger partial charge on any atom is -0.495 e. The number of nitrogens with one attached hydrogen (secondary N) is 3. The van der Waals surface area contributed by atoms with Gasteiger partial charge < -0.3 is 20.1 Å². The molecule has 2 amide bonds. The maximum absolute atomic E-state index is 12.4. The SMILES string of the molecule is COc1cc(C(=O)NCC(F)(F)F)ccc1Nc1nc2ccc(-c3ccc(NC(=O)OC(C)(C)C)cc3)cn2n1. The van der Waals surface area contributed by atoms with Crippen LogP contribution in [0.1, 0.15) is 31.1 Å². The predicted octanol–water partition coefficient (Wildman–Crippen LogP) is 5.79. The molecule has 0 atom stereocenters. The molecule has 10 nitrogen and oxygen atoms in total. The van der Waals surface area contributed by atoms with E-state index >= 15 is 0 Å². The normalized spacial score (nSPS) is 11.7. The standard InChI is InChI=1S/C27H27F3N6O4/c1-26(2,3)40-25(38)32-19-9-5-16(6-10-19)18-8-12-22-34-24(35-36(22)14-18)33-20-11-7-17(13-21(20)39-4)23(37)31-15-27(28,29)30/h5-14H,15H2,1-4H3,(H,31,37)(H,32,38)(H,33,35). The largest absolute Gasteiger partial charge is 0.495 e. The first kappa shape index (κ1) is 28.2. The Labute approximate surface area is 227 Å². The zero-order valence-corrected chi connectivity index (χ0v) is 22.1. The molecular weight excluding hydrogens is 529 g/mol. The van der Waals surface area contributed by atoms with Crippen LogP contribution in [0.25, 0.3) is 16.8 Å². The van der Waals surface area contributed by atoms with Gasteiger partial charge in [0.25, 0.3) is 5.91 Å². The molecule has 13 heteroatoms. The molecule has 0 radical (unpaired) electrons. The lowest BCUT2D eigenvalue weighted by molar-refractivity contribution is -0.123. The molecule has 2 aromatic carbocycles. The van der Waals surface area contributed by atoms with E-state index in [9.17, 15) is 22.8 Å². The zero-order valence-electron chi connectivity index (χ0n) is 22.1. The number of carbonyl (C=O) groups is 2. The second-order valence-corrected chi connectivity index (χ2v) is 9.70. The van der Waals surface area contributed by atoms with Crippen LogP contribution in [0.2, 0.25) is 0 Å². The third kappa shape index (κ3) is 7.40. The summed E-state index contributed by atoms with van der Waals surface area (Å²) in [5.41, 5.74) is 2.68. The van der Waals surface area contributed by atoms with Gasteiger partial charge in [0, 0.05) is 23.0 Å². The van der Waals surface area contributed by atoms with E-state index in [4.69, 9.17) is 9.47 Å².